The summed E-state index contributed by atoms with van der Waals surface area (Å²) < 4.78 is 0. The van der Waals surface area contributed by atoms with Gasteiger partial charge in [-0.25, -0.2) is 0 Å². The van der Waals surface area contributed by atoms with Gasteiger partial charge in [0.1, 0.15) is 0 Å². The normalized spacial score (nSPS) is 25.1. The average molecular weight is 283 g/mol. The molecule has 2 N–H and O–H groups in total. The summed E-state index contributed by atoms with van der Waals surface area (Å²) in [6.45, 7) is 5.45. The summed E-state index contributed by atoms with van der Waals surface area (Å²) >= 11 is 0. The summed E-state index contributed by atoms with van der Waals surface area (Å²) in [6, 6.07) is 1.40. The van der Waals surface area contributed by atoms with Crippen molar-refractivity contribution in [3.63, 3.8) is 0 Å². The highest BCUT2D eigenvalue weighted by Crippen LogP contribution is 2.30. The molecule has 0 aromatic heterocycles. The number of hydrogen-bond acceptors (Lipinski definition) is 2. The Morgan fingerprint density at radius 2 is 1.65 bits per heavy atom. The number of nitrogens with two attached hydrogens (primary N) is 1. The van der Waals surface area contributed by atoms with E-state index in [4.69, 9.17) is 5.73 Å². The molecule has 1 aliphatic carbocycles. The molecule has 0 radical (unpaired) electrons. The van der Waals surface area contributed by atoms with E-state index in [1.54, 1.807) is 0 Å². The summed E-state index contributed by atoms with van der Waals surface area (Å²) in [7, 11) is 2.32. The predicted molar refractivity (Wildman–Crippen MR) is 90.0 cm³/mol. The minimum Gasteiger partial charge on any atom is -0.329 e. The van der Waals surface area contributed by atoms with Gasteiger partial charge in [0.2, 0.25) is 0 Å². The third kappa shape index (κ3) is 6.13. The zero-order valence-corrected chi connectivity index (χ0v) is 14.2. The SMILES string of the molecule is CCCCCCCC(CN)N(C)C1CCC(CC)CC1. The van der Waals surface area contributed by atoms with E-state index >= 15 is 0 Å². The van der Waals surface area contributed by atoms with Gasteiger partial charge in [-0.1, -0.05) is 52.4 Å². The maximum atomic E-state index is 6.03. The predicted octanol–water partition coefficient (Wildman–Crippen LogP) is 4.57. The van der Waals surface area contributed by atoms with Crippen LogP contribution in [0.25, 0.3) is 0 Å². The highest BCUT2D eigenvalue weighted by molar-refractivity contribution is 4.82. The molecule has 2 nitrogen and oxygen atoms in total. The fraction of sp³-hybridized carbons (Fsp3) is 1.00. The van der Waals surface area contributed by atoms with Crippen molar-refractivity contribution in [1.82, 2.24) is 4.90 Å². The second kappa shape index (κ2) is 10.6. The van der Waals surface area contributed by atoms with Crippen LogP contribution in [0.2, 0.25) is 0 Å². The molecule has 0 amide bonds. The molecule has 0 aromatic carbocycles. The maximum Gasteiger partial charge on any atom is 0.0218 e. The highest BCUT2D eigenvalue weighted by atomic mass is 15.2. The molecule has 1 aliphatic rings. The van der Waals surface area contributed by atoms with Crippen LogP contribution >= 0.6 is 0 Å². The fourth-order valence-corrected chi connectivity index (χ4v) is 3.73. The van der Waals surface area contributed by atoms with Gasteiger partial charge >= 0.3 is 0 Å². The van der Waals surface area contributed by atoms with Crippen LogP contribution < -0.4 is 5.73 Å². The molecule has 20 heavy (non-hydrogen) atoms. The van der Waals surface area contributed by atoms with Crippen molar-refractivity contribution in [1.29, 1.82) is 0 Å². The zero-order chi connectivity index (χ0) is 14.8. The smallest absolute Gasteiger partial charge is 0.0218 e. The lowest BCUT2D eigenvalue weighted by molar-refractivity contribution is 0.115. The number of unbranched alkanes of at least 4 members (excludes halogenated alkanes) is 4. The molecule has 1 unspecified atom stereocenters. The summed E-state index contributed by atoms with van der Waals surface area (Å²) in [6.07, 6.45) is 15.2. The van der Waals surface area contributed by atoms with Crippen LogP contribution in [0.1, 0.15) is 84.5 Å². The molecule has 1 saturated carbocycles. The topological polar surface area (TPSA) is 29.3 Å². The Kier molecular flexibility index (Phi) is 9.54. The van der Waals surface area contributed by atoms with E-state index in [0.717, 1.165) is 18.5 Å². The molecule has 1 atom stereocenters. The van der Waals surface area contributed by atoms with Crippen molar-refractivity contribution in [2.24, 2.45) is 11.7 Å². The fourth-order valence-electron chi connectivity index (χ4n) is 3.73. The van der Waals surface area contributed by atoms with Gasteiger partial charge in [-0.15, -0.1) is 0 Å². The summed E-state index contributed by atoms with van der Waals surface area (Å²) in [4.78, 5) is 2.62. The average Bonchev–Trinajstić information content (AvgIpc) is 2.50. The first kappa shape index (κ1) is 18.0. The van der Waals surface area contributed by atoms with Crippen LogP contribution in [0.5, 0.6) is 0 Å². The molecule has 0 spiro atoms. The third-order valence-electron chi connectivity index (χ3n) is 5.46. The maximum absolute atomic E-state index is 6.03. The summed E-state index contributed by atoms with van der Waals surface area (Å²) in [5.74, 6) is 0.991. The van der Waals surface area contributed by atoms with Gasteiger partial charge < -0.3 is 5.73 Å². The van der Waals surface area contributed by atoms with Crippen molar-refractivity contribution in [3.8, 4) is 0 Å². The molecule has 120 valence electrons. The van der Waals surface area contributed by atoms with Crippen LogP contribution in [0.15, 0.2) is 0 Å². The van der Waals surface area contributed by atoms with Crippen molar-refractivity contribution in [3.05, 3.63) is 0 Å². The van der Waals surface area contributed by atoms with E-state index in [2.05, 4.69) is 25.8 Å². The number of rotatable bonds is 10. The quantitative estimate of drug-likeness (QED) is 0.594. The Bertz CT molecular complexity index is 221. The molecule has 2 heteroatoms. The van der Waals surface area contributed by atoms with Crippen molar-refractivity contribution < 1.29 is 0 Å². The first-order valence-corrected chi connectivity index (χ1v) is 9.14. The minimum absolute atomic E-state index is 0.611. The van der Waals surface area contributed by atoms with Gasteiger partial charge in [-0.3, -0.25) is 4.90 Å². The van der Waals surface area contributed by atoms with Gasteiger partial charge in [0, 0.05) is 18.6 Å². The van der Waals surface area contributed by atoms with E-state index in [-0.39, 0.29) is 0 Å². The molecule has 0 saturated heterocycles. The molecule has 1 fully saturated rings. The Morgan fingerprint density at radius 1 is 1.00 bits per heavy atom. The summed E-state index contributed by atoms with van der Waals surface area (Å²) in [5.41, 5.74) is 6.03. The Hall–Kier alpha value is -0.0800. The van der Waals surface area contributed by atoms with Crippen LogP contribution in [0, 0.1) is 5.92 Å². The third-order valence-corrected chi connectivity index (χ3v) is 5.46. The van der Waals surface area contributed by atoms with Crippen molar-refractivity contribution >= 4 is 0 Å². The molecule has 0 heterocycles. The minimum atomic E-state index is 0.611. The lowest BCUT2D eigenvalue weighted by atomic mass is 9.83. The lowest BCUT2D eigenvalue weighted by Gasteiger charge is -2.39. The second-order valence-corrected chi connectivity index (χ2v) is 6.84. The van der Waals surface area contributed by atoms with Crippen molar-refractivity contribution in [2.45, 2.75) is 96.6 Å². The Morgan fingerprint density at radius 3 is 2.20 bits per heavy atom. The molecule has 0 aromatic rings. The molecular weight excluding hydrogens is 244 g/mol. The van der Waals surface area contributed by atoms with Gasteiger partial charge in [-0.05, 0) is 45.1 Å². The highest BCUT2D eigenvalue weighted by Gasteiger charge is 2.26. The van der Waals surface area contributed by atoms with E-state index in [0.29, 0.717) is 6.04 Å². The van der Waals surface area contributed by atoms with Gasteiger partial charge in [-0.2, -0.15) is 0 Å². The molecular formula is C18H38N2. The lowest BCUT2D eigenvalue weighted by Crippen LogP contribution is -2.45. The van der Waals surface area contributed by atoms with Crippen LogP contribution in [0.4, 0.5) is 0 Å². The monoisotopic (exact) mass is 282 g/mol. The number of nitrogens with zero attached hydrogens (tertiary/aromatic N) is 1. The molecule has 0 bridgehead atoms. The largest absolute Gasteiger partial charge is 0.329 e. The Labute approximate surface area is 127 Å². The number of hydrogen-bond donors (Lipinski definition) is 1. The first-order chi connectivity index (χ1) is 9.72. The van der Waals surface area contributed by atoms with Crippen LogP contribution in [0.3, 0.4) is 0 Å². The van der Waals surface area contributed by atoms with Gasteiger partial charge in [0.05, 0.1) is 0 Å². The Balaban J connectivity index is 2.25. The zero-order valence-electron chi connectivity index (χ0n) is 14.2. The van der Waals surface area contributed by atoms with Crippen molar-refractivity contribution in [2.75, 3.05) is 13.6 Å². The second-order valence-electron chi connectivity index (χ2n) is 6.84. The summed E-state index contributed by atoms with van der Waals surface area (Å²) in [5, 5.41) is 0. The van der Waals surface area contributed by atoms with Crippen LogP contribution in [-0.2, 0) is 0 Å². The number of likely N-dealkylation sites (N-methyl/N-ethyl adjacent to an activating group) is 1. The van der Waals surface area contributed by atoms with E-state index < -0.39 is 0 Å². The van der Waals surface area contributed by atoms with Crippen LogP contribution in [-0.4, -0.2) is 30.6 Å². The first-order valence-electron chi connectivity index (χ1n) is 9.14. The van der Waals surface area contributed by atoms with E-state index in [9.17, 15) is 0 Å². The standard InChI is InChI=1S/C18H38N2/c1-4-6-7-8-9-10-18(15-19)20(3)17-13-11-16(5-2)12-14-17/h16-18H,4-15,19H2,1-3H3. The van der Waals surface area contributed by atoms with Gasteiger partial charge in [0.25, 0.3) is 0 Å². The molecule has 1 rings (SSSR count). The van der Waals surface area contributed by atoms with E-state index in [1.165, 1.54) is 70.6 Å². The van der Waals surface area contributed by atoms with Gasteiger partial charge in [0.15, 0.2) is 0 Å². The van der Waals surface area contributed by atoms with E-state index in [1.807, 2.05) is 0 Å². The molecule has 0 aliphatic heterocycles.